The molecule has 0 aromatic carbocycles. The van der Waals surface area contributed by atoms with Crippen LogP contribution in [0.4, 0.5) is 5.69 Å². The first-order chi connectivity index (χ1) is 8.13. The van der Waals surface area contributed by atoms with Gasteiger partial charge in [-0.05, 0) is 12.8 Å². The number of anilines is 1. The first kappa shape index (κ1) is 11.7. The summed E-state index contributed by atoms with van der Waals surface area (Å²) in [4.78, 5) is 17.6. The topological polar surface area (TPSA) is 54.5 Å². The van der Waals surface area contributed by atoms with E-state index in [0.717, 1.165) is 18.5 Å². The Bertz CT molecular complexity index is 428. The maximum atomic E-state index is 12.0. The lowest BCUT2D eigenvalue weighted by Crippen LogP contribution is -2.23. The van der Waals surface area contributed by atoms with Gasteiger partial charge in [0.15, 0.2) is 5.75 Å². The standard InChI is InChI=1S/C12H17N3O2/c1-13-10-7-14-6-9(12(16)15(2)3)11(10)17-8-4-5-8/h6-8,13H,4-5H2,1-3H3. The van der Waals surface area contributed by atoms with Crippen LogP contribution in [-0.2, 0) is 0 Å². The number of rotatable bonds is 4. The lowest BCUT2D eigenvalue weighted by atomic mass is 10.2. The van der Waals surface area contributed by atoms with Crippen molar-refractivity contribution in [2.75, 3.05) is 26.5 Å². The van der Waals surface area contributed by atoms with Crippen molar-refractivity contribution in [3.8, 4) is 5.75 Å². The summed E-state index contributed by atoms with van der Waals surface area (Å²) in [6.45, 7) is 0. The quantitative estimate of drug-likeness (QED) is 0.856. The van der Waals surface area contributed by atoms with Gasteiger partial charge in [-0.25, -0.2) is 0 Å². The number of aromatic nitrogens is 1. The SMILES string of the molecule is CNc1cncc(C(=O)N(C)C)c1OC1CC1. The molecule has 1 aromatic heterocycles. The van der Waals surface area contributed by atoms with Crippen LogP contribution in [0.25, 0.3) is 0 Å². The highest BCUT2D eigenvalue weighted by molar-refractivity contribution is 5.98. The summed E-state index contributed by atoms with van der Waals surface area (Å²) in [7, 11) is 5.23. The average Bonchev–Trinajstić information content (AvgIpc) is 3.12. The van der Waals surface area contributed by atoms with E-state index in [2.05, 4.69) is 10.3 Å². The fraction of sp³-hybridized carbons (Fsp3) is 0.500. The zero-order valence-corrected chi connectivity index (χ0v) is 10.4. The fourth-order valence-electron chi connectivity index (χ4n) is 1.50. The van der Waals surface area contributed by atoms with Crippen LogP contribution in [0.15, 0.2) is 12.4 Å². The molecule has 17 heavy (non-hydrogen) atoms. The Morgan fingerprint density at radius 3 is 2.71 bits per heavy atom. The van der Waals surface area contributed by atoms with E-state index in [1.165, 1.54) is 4.90 Å². The van der Waals surface area contributed by atoms with E-state index in [9.17, 15) is 4.79 Å². The van der Waals surface area contributed by atoms with Crippen LogP contribution in [0.5, 0.6) is 5.75 Å². The number of hydrogen-bond donors (Lipinski definition) is 1. The van der Waals surface area contributed by atoms with Gasteiger partial charge in [-0.3, -0.25) is 9.78 Å². The van der Waals surface area contributed by atoms with Crippen molar-refractivity contribution in [1.29, 1.82) is 0 Å². The molecule has 0 saturated heterocycles. The summed E-state index contributed by atoms with van der Waals surface area (Å²) >= 11 is 0. The molecule has 5 nitrogen and oxygen atoms in total. The third kappa shape index (κ3) is 2.49. The number of carbonyl (C=O) groups is 1. The van der Waals surface area contributed by atoms with Gasteiger partial charge in [0.25, 0.3) is 5.91 Å². The molecule has 5 heteroatoms. The normalized spacial score (nSPS) is 14.3. The highest BCUT2D eigenvalue weighted by atomic mass is 16.5. The highest BCUT2D eigenvalue weighted by Crippen LogP contribution is 2.34. The molecule has 0 unspecified atom stereocenters. The Hall–Kier alpha value is -1.78. The van der Waals surface area contributed by atoms with Crippen molar-refractivity contribution in [1.82, 2.24) is 9.88 Å². The molecule has 1 aliphatic carbocycles. The number of nitrogens with zero attached hydrogens (tertiary/aromatic N) is 2. The number of pyridine rings is 1. The third-order valence-corrected chi connectivity index (χ3v) is 2.61. The Morgan fingerprint density at radius 1 is 1.47 bits per heavy atom. The second-order valence-electron chi connectivity index (χ2n) is 4.33. The van der Waals surface area contributed by atoms with Crippen LogP contribution in [0, 0.1) is 0 Å². The van der Waals surface area contributed by atoms with Crippen LogP contribution >= 0.6 is 0 Å². The zero-order chi connectivity index (χ0) is 12.4. The monoisotopic (exact) mass is 235 g/mol. The van der Waals surface area contributed by atoms with E-state index >= 15 is 0 Å². The molecule has 1 saturated carbocycles. The Morgan fingerprint density at radius 2 is 2.18 bits per heavy atom. The van der Waals surface area contributed by atoms with Crippen LogP contribution in [0.1, 0.15) is 23.2 Å². The van der Waals surface area contributed by atoms with E-state index in [1.807, 2.05) is 0 Å². The van der Waals surface area contributed by atoms with Gasteiger partial charge in [-0.2, -0.15) is 0 Å². The fourth-order valence-corrected chi connectivity index (χ4v) is 1.50. The van der Waals surface area contributed by atoms with Crippen LogP contribution in [0.3, 0.4) is 0 Å². The lowest BCUT2D eigenvalue weighted by molar-refractivity contribution is 0.0822. The maximum Gasteiger partial charge on any atom is 0.258 e. The minimum Gasteiger partial charge on any atom is -0.487 e. The molecule has 1 heterocycles. The number of amides is 1. The molecule has 1 aliphatic rings. The second-order valence-corrected chi connectivity index (χ2v) is 4.33. The van der Waals surface area contributed by atoms with Gasteiger partial charge in [0.1, 0.15) is 5.56 Å². The van der Waals surface area contributed by atoms with E-state index in [4.69, 9.17) is 4.74 Å². The molecular formula is C12H17N3O2. The molecule has 0 aliphatic heterocycles. The zero-order valence-electron chi connectivity index (χ0n) is 10.4. The van der Waals surface area contributed by atoms with Crippen molar-refractivity contribution in [2.24, 2.45) is 0 Å². The number of hydrogen-bond acceptors (Lipinski definition) is 4. The van der Waals surface area contributed by atoms with Crippen LogP contribution in [-0.4, -0.2) is 43.0 Å². The van der Waals surface area contributed by atoms with E-state index in [1.54, 1.807) is 33.5 Å². The van der Waals surface area contributed by atoms with Crippen molar-refractivity contribution >= 4 is 11.6 Å². The highest BCUT2D eigenvalue weighted by Gasteiger charge is 2.27. The van der Waals surface area contributed by atoms with Gasteiger partial charge in [0, 0.05) is 27.3 Å². The summed E-state index contributed by atoms with van der Waals surface area (Å²) in [5, 5.41) is 3.00. The van der Waals surface area contributed by atoms with Gasteiger partial charge >= 0.3 is 0 Å². The predicted molar refractivity (Wildman–Crippen MR) is 65.5 cm³/mol. The first-order valence-electron chi connectivity index (χ1n) is 5.67. The van der Waals surface area contributed by atoms with Crippen molar-refractivity contribution in [3.05, 3.63) is 18.0 Å². The molecule has 0 atom stereocenters. The Kier molecular flexibility index (Phi) is 3.17. The van der Waals surface area contributed by atoms with Gasteiger partial charge in [-0.15, -0.1) is 0 Å². The Balaban J connectivity index is 2.37. The summed E-state index contributed by atoms with van der Waals surface area (Å²) < 4.78 is 5.80. The Labute approximate surface area is 101 Å². The van der Waals surface area contributed by atoms with E-state index < -0.39 is 0 Å². The summed E-state index contributed by atoms with van der Waals surface area (Å²) in [6, 6.07) is 0. The first-order valence-corrected chi connectivity index (χ1v) is 5.67. The molecule has 0 bridgehead atoms. The van der Waals surface area contributed by atoms with E-state index in [0.29, 0.717) is 11.3 Å². The van der Waals surface area contributed by atoms with Crippen molar-refractivity contribution in [2.45, 2.75) is 18.9 Å². The summed E-state index contributed by atoms with van der Waals surface area (Å²) in [5.41, 5.74) is 1.26. The number of ether oxygens (including phenoxy) is 1. The van der Waals surface area contributed by atoms with Gasteiger partial charge < -0.3 is 15.0 Å². The predicted octanol–water partition coefficient (Wildman–Crippen LogP) is 1.37. The van der Waals surface area contributed by atoms with Crippen LogP contribution < -0.4 is 10.1 Å². The molecule has 0 radical (unpaired) electrons. The maximum absolute atomic E-state index is 12.0. The van der Waals surface area contributed by atoms with E-state index in [-0.39, 0.29) is 12.0 Å². The number of carbonyl (C=O) groups excluding carboxylic acids is 1. The van der Waals surface area contributed by atoms with Gasteiger partial charge in [0.05, 0.1) is 18.0 Å². The van der Waals surface area contributed by atoms with Crippen LogP contribution in [0.2, 0.25) is 0 Å². The molecule has 92 valence electrons. The minimum absolute atomic E-state index is 0.0924. The average molecular weight is 235 g/mol. The number of nitrogens with one attached hydrogen (secondary N) is 1. The molecular weight excluding hydrogens is 218 g/mol. The minimum atomic E-state index is -0.0924. The van der Waals surface area contributed by atoms with Gasteiger partial charge in [0.2, 0.25) is 0 Å². The van der Waals surface area contributed by atoms with Crippen molar-refractivity contribution < 1.29 is 9.53 Å². The second kappa shape index (κ2) is 4.61. The lowest BCUT2D eigenvalue weighted by Gasteiger charge is -2.16. The van der Waals surface area contributed by atoms with Crippen molar-refractivity contribution in [3.63, 3.8) is 0 Å². The smallest absolute Gasteiger partial charge is 0.258 e. The molecule has 0 spiro atoms. The largest absolute Gasteiger partial charge is 0.487 e. The molecule has 1 fully saturated rings. The summed E-state index contributed by atoms with van der Waals surface area (Å²) in [5.74, 6) is 0.522. The molecule has 1 amide bonds. The van der Waals surface area contributed by atoms with Gasteiger partial charge in [-0.1, -0.05) is 0 Å². The molecule has 1 aromatic rings. The third-order valence-electron chi connectivity index (χ3n) is 2.61. The molecule has 1 N–H and O–H groups in total. The molecule has 2 rings (SSSR count). The summed E-state index contributed by atoms with van der Waals surface area (Å²) in [6.07, 6.45) is 5.59.